The zero-order chi connectivity index (χ0) is 15.4. The number of benzene rings is 1. The van der Waals surface area contributed by atoms with Crippen molar-refractivity contribution in [3.8, 4) is 6.07 Å². The molecule has 0 N–H and O–H groups in total. The van der Waals surface area contributed by atoms with Gasteiger partial charge in [0.15, 0.2) is 0 Å². The molecular formula is C17H22ClN3. The normalized spacial score (nSPS) is 12.8. The second-order valence-corrected chi connectivity index (χ2v) is 6.57. The van der Waals surface area contributed by atoms with Crippen molar-refractivity contribution in [2.75, 3.05) is 0 Å². The minimum atomic E-state index is -0.158. The van der Waals surface area contributed by atoms with Gasteiger partial charge in [0.25, 0.3) is 0 Å². The summed E-state index contributed by atoms with van der Waals surface area (Å²) < 4.78 is 2.17. The van der Waals surface area contributed by atoms with Gasteiger partial charge in [0.1, 0.15) is 17.4 Å². The predicted molar refractivity (Wildman–Crippen MR) is 87.4 cm³/mol. The Labute approximate surface area is 131 Å². The Morgan fingerprint density at radius 3 is 2.67 bits per heavy atom. The van der Waals surface area contributed by atoms with Gasteiger partial charge < -0.3 is 4.57 Å². The predicted octanol–water partition coefficient (Wildman–Crippen LogP) is 5.03. The number of unbranched alkanes of at least 4 members (excludes halogenated alkanes) is 1. The van der Waals surface area contributed by atoms with Gasteiger partial charge in [-0.05, 0) is 31.4 Å². The van der Waals surface area contributed by atoms with Gasteiger partial charge in [-0.1, -0.05) is 32.8 Å². The molecule has 3 nitrogen and oxygen atoms in total. The van der Waals surface area contributed by atoms with Crippen molar-refractivity contribution in [3.05, 3.63) is 29.6 Å². The third-order valence-corrected chi connectivity index (χ3v) is 3.89. The molecule has 0 fully saturated rings. The molecular weight excluding hydrogens is 282 g/mol. The van der Waals surface area contributed by atoms with E-state index in [-0.39, 0.29) is 5.38 Å². The van der Waals surface area contributed by atoms with Gasteiger partial charge in [-0.15, -0.1) is 11.6 Å². The summed E-state index contributed by atoms with van der Waals surface area (Å²) in [5.41, 5.74) is 2.40. The molecule has 2 aromatic rings. The first kappa shape index (κ1) is 15.9. The van der Waals surface area contributed by atoms with Crippen molar-refractivity contribution in [2.45, 2.75) is 52.0 Å². The largest absolute Gasteiger partial charge is 0.327 e. The van der Waals surface area contributed by atoms with Gasteiger partial charge >= 0.3 is 0 Å². The molecule has 1 aromatic carbocycles. The highest BCUT2D eigenvalue weighted by atomic mass is 35.5. The minimum absolute atomic E-state index is 0.158. The molecule has 0 aliphatic rings. The van der Waals surface area contributed by atoms with E-state index in [1.807, 2.05) is 19.1 Å². The van der Waals surface area contributed by atoms with E-state index in [0.29, 0.717) is 5.56 Å². The summed E-state index contributed by atoms with van der Waals surface area (Å²) in [6.45, 7) is 7.33. The van der Waals surface area contributed by atoms with Crippen molar-refractivity contribution in [3.63, 3.8) is 0 Å². The Morgan fingerprint density at radius 2 is 2.05 bits per heavy atom. The van der Waals surface area contributed by atoms with Crippen LogP contribution < -0.4 is 0 Å². The Hall–Kier alpha value is -1.53. The van der Waals surface area contributed by atoms with Crippen molar-refractivity contribution >= 4 is 22.6 Å². The first-order valence-corrected chi connectivity index (χ1v) is 8.01. The molecule has 0 spiro atoms. The van der Waals surface area contributed by atoms with E-state index in [4.69, 9.17) is 11.6 Å². The van der Waals surface area contributed by atoms with Crippen LogP contribution in [0.1, 0.15) is 56.8 Å². The molecule has 0 radical (unpaired) electrons. The maximum atomic E-state index is 9.22. The van der Waals surface area contributed by atoms with E-state index in [9.17, 15) is 5.26 Å². The molecule has 0 saturated heterocycles. The van der Waals surface area contributed by atoms with Gasteiger partial charge in [0.05, 0.1) is 16.5 Å². The van der Waals surface area contributed by atoms with E-state index in [2.05, 4.69) is 29.5 Å². The van der Waals surface area contributed by atoms with E-state index in [0.717, 1.165) is 35.7 Å². The summed E-state index contributed by atoms with van der Waals surface area (Å²) >= 11 is 6.27. The highest BCUT2D eigenvalue weighted by Crippen LogP contribution is 2.27. The van der Waals surface area contributed by atoms with Gasteiger partial charge in [0.2, 0.25) is 0 Å². The number of fused-ring (bicyclic) bond motifs is 1. The number of halogens is 1. The van der Waals surface area contributed by atoms with Crippen molar-refractivity contribution < 1.29 is 0 Å². The lowest BCUT2D eigenvalue weighted by molar-refractivity contribution is 0.507. The lowest BCUT2D eigenvalue weighted by Crippen LogP contribution is -2.05. The number of nitriles is 1. The molecule has 1 atom stereocenters. The van der Waals surface area contributed by atoms with Crippen molar-refractivity contribution in [2.24, 2.45) is 5.92 Å². The van der Waals surface area contributed by atoms with Gasteiger partial charge in [0, 0.05) is 6.54 Å². The first-order valence-electron chi connectivity index (χ1n) is 7.58. The molecule has 0 aliphatic carbocycles. The standard InChI is InChI=1S/C17H22ClN3/c1-12(2)7-4-5-10-21-15-9-6-8-14(11-19)16(15)20-17(21)13(3)18/h6,8-9,12-13H,4-5,7,10H2,1-3H3. The molecule has 0 amide bonds. The Kier molecular flexibility index (Phi) is 5.25. The van der Waals surface area contributed by atoms with Crippen LogP contribution in [0.4, 0.5) is 0 Å². The third-order valence-electron chi connectivity index (χ3n) is 3.70. The smallest absolute Gasteiger partial charge is 0.127 e. The molecule has 112 valence electrons. The molecule has 0 bridgehead atoms. The van der Waals surface area contributed by atoms with Crippen LogP contribution in [-0.4, -0.2) is 9.55 Å². The number of hydrogen-bond donors (Lipinski definition) is 0. The molecule has 1 unspecified atom stereocenters. The highest BCUT2D eigenvalue weighted by Gasteiger charge is 2.16. The van der Waals surface area contributed by atoms with E-state index < -0.39 is 0 Å². The van der Waals surface area contributed by atoms with Crippen LogP contribution >= 0.6 is 11.6 Å². The second-order valence-electron chi connectivity index (χ2n) is 5.91. The maximum absolute atomic E-state index is 9.22. The second kappa shape index (κ2) is 6.95. The van der Waals surface area contributed by atoms with Gasteiger partial charge in [-0.2, -0.15) is 5.26 Å². The molecule has 1 aromatic heterocycles. The van der Waals surface area contributed by atoms with Crippen molar-refractivity contribution in [1.29, 1.82) is 5.26 Å². The Morgan fingerprint density at radius 1 is 1.29 bits per heavy atom. The van der Waals surface area contributed by atoms with Crippen LogP contribution in [0.15, 0.2) is 18.2 Å². The number of aryl methyl sites for hydroxylation is 1. The van der Waals surface area contributed by atoms with Crippen molar-refractivity contribution in [1.82, 2.24) is 9.55 Å². The topological polar surface area (TPSA) is 41.6 Å². The number of nitrogens with zero attached hydrogens (tertiary/aromatic N) is 3. The highest BCUT2D eigenvalue weighted by molar-refractivity contribution is 6.20. The molecule has 21 heavy (non-hydrogen) atoms. The number of alkyl halides is 1. The average molecular weight is 304 g/mol. The molecule has 4 heteroatoms. The van der Waals surface area contributed by atoms with Crippen LogP contribution in [0, 0.1) is 17.2 Å². The molecule has 1 heterocycles. The summed E-state index contributed by atoms with van der Waals surface area (Å²) in [6, 6.07) is 7.95. The van der Waals surface area contributed by atoms with Crippen LogP contribution in [0.3, 0.4) is 0 Å². The van der Waals surface area contributed by atoms with Crippen LogP contribution in [0.5, 0.6) is 0 Å². The van der Waals surface area contributed by atoms with Crippen LogP contribution in [0.2, 0.25) is 0 Å². The van der Waals surface area contributed by atoms with Gasteiger partial charge in [-0.25, -0.2) is 4.98 Å². The third kappa shape index (κ3) is 3.57. The number of hydrogen-bond acceptors (Lipinski definition) is 2. The fraction of sp³-hybridized carbons (Fsp3) is 0.529. The van der Waals surface area contributed by atoms with Crippen LogP contribution in [0.25, 0.3) is 11.0 Å². The van der Waals surface area contributed by atoms with E-state index in [1.54, 1.807) is 6.07 Å². The fourth-order valence-electron chi connectivity index (χ4n) is 2.62. The SMILES string of the molecule is CC(C)CCCCn1c(C(C)Cl)nc2c(C#N)cccc21. The summed E-state index contributed by atoms with van der Waals surface area (Å²) in [5.74, 6) is 1.60. The summed E-state index contributed by atoms with van der Waals surface area (Å²) in [5, 5.41) is 9.06. The minimum Gasteiger partial charge on any atom is -0.327 e. The monoisotopic (exact) mass is 303 g/mol. The lowest BCUT2D eigenvalue weighted by Gasteiger charge is -2.11. The number of rotatable bonds is 6. The van der Waals surface area contributed by atoms with E-state index >= 15 is 0 Å². The quantitative estimate of drug-likeness (QED) is 0.554. The fourth-order valence-corrected chi connectivity index (χ4v) is 2.78. The first-order chi connectivity index (χ1) is 10.0. The average Bonchev–Trinajstić information content (AvgIpc) is 2.82. The lowest BCUT2D eigenvalue weighted by atomic mass is 10.1. The molecule has 0 saturated carbocycles. The van der Waals surface area contributed by atoms with Crippen LogP contribution in [-0.2, 0) is 6.54 Å². The summed E-state index contributed by atoms with van der Waals surface area (Å²) in [7, 11) is 0. The molecule has 0 aliphatic heterocycles. The molecule has 2 rings (SSSR count). The summed E-state index contributed by atoms with van der Waals surface area (Å²) in [4.78, 5) is 4.61. The zero-order valence-electron chi connectivity index (χ0n) is 12.9. The number of aromatic nitrogens is 2. The number of imidazole rings is 1. The zero-order valence-corrected chi connectivity index (χ0v) is 13.7. The Bertz CT molecular complexity index is 650. The maximum Gasteiger partial charge on any atom is 0.127 e. The number of para-hydroxylation sites is 1. The van der Waals surface area contributed by atoms with Gasteiger partial charge in [-0.3, -0.25) is 0 Å². The Balaban J connectivity index is 2.32. The summed E-state index contributed by atoms with van der Waals surface area (Å²) in [6.07, 6.45) is 3.55. The van der Waals surface area contributed by atoms with E-state index in [1.165, 1.54) is 12.8 Å².